The van der Waals surface area contributed by atoms with E-state index in [2.05, 4.69) is 30.4 Å². The molecule has 2 unspecified atom stereocenters. The van der Waals surface area contributed by atoms with Gasteiger partial charge in [0.05, 0.1) is 23.0 Å². The molecule has 0 amide bonds. The van der Waals surface area contributed by atoms with Crippen LogP contribution in [0.15, 0.2) is 18.2 Å². The highest BCUT2D eigenvalue weighted by molar-refractivity contribution is 5.67. The van der Waals surface area contributed by atoms with Gasteiger partial charge < -0.3 is 11.2 Å². The summed E-state index contributed by atoms with van der Waals surface area (Å²) < 4.78 is 0. The lowest BCUT2D eigenvalue weighted by atomic mass is 10.00. The van der Waals surface area contributed by atoms with Gasteiger partial charge in [-0.1, -0.05) is 6.42 Å². The van der Waals surface area contributed by atoms with Gasteiger partial charge in [0.25, 0.3) is 0 Å². The number of hydrazine groups is 1. The molecule has 2 atom stereocenters. The van der Waals surface area contributed by atoms with E-state index in [1.807, 2.05) is 6.07 Å². The van der Waals surface area contributed by atoms with Crippen LogP contribution in [-0.4, -0.2) is 17.1 Å². The van der Waals surface area contributed by atoms with Crippen LogP contribution in [0.5, 0.6) is 0 Å². The van der Waals surface area contributed by atoms with E-state index in [-0.39, 0.29) is 0 Å². The Balaban J connectivity index is 2.15. The van der Waals surface area contributed by atoms with Crippen molar-refractivity contribution in [3.05, 3.63) is 23.8 Å². The Kier molecular flexibility index (Phi) is 3.73. The predicted molar refractivity (Wildman–Crippen MR) is 73.8 cm³/mol. The maximum atomic E-state index is 8.82. The SMILES string of the molecule is CC1CCCC(C)N1Nc1ccc(C#N)cc1N. The number of rotatable bonds is 2. The molecule has 1 fully saturated rings. The largest absolute Gasteiger partial charge is 0.397 e. The Morgan fingerprint density at radius 1 is 1.33 bits per heavy atom. The molecule has 0 spiro atoms. The van der Waals surface area contributed by atoms with Gasteiger partial charge in [-0.25, -0.2) is 5.01 Å². The van der Waals surface area contributed by atoms with Crippen molar-refractivity contribution >= 4 is 11.4 Å². The molecule has 0 aliphatic carbocycles. The fourth-order valence-corrected chi connectivity index (χ4v) is 2.51. The Labute approximate surface area is 108 Å². The van der Waals surface area contributed by atoms with Crippen LogP contribution in [0.4, 0.5) is 11.4 Å². The first kappa shape index (κ1) is 12.7. The number of piperidine rings is 1. The Bertz CT molecular complexity index is 453. The number of hydrogen-bond donors (Lipinski definition) is 2. The molecule has 1 saturated heterocycles. The molecular weight excluding hydrogens is 224 g/mol. The Morgan fingerprint density at radius 3 is 2.56 bits per heavy atom. The molecule has 1 aromatic carbocycles. The van der Waals surface area contributed by atoms with Crippen LogP contribution in [0.1, 0.15) is 38.7 Å². The van der Waals surface area contributed by atoms with Gasteiger partial charge in [0.1, 0.15) is 0 Å². The molecule has 1 aliphatic heterocycles. The lowest BCUT2D eigenvalue weighted by molar-refractivity contribution is 0.136. The first-order valence-corrected chi connectivity index (χ1v) is 6.46. The Hall–Kier alpha value is -1.73. The summed E-state index contributed by atoms with van der Waals surface area (Å²) in [5.74, 6) is 0. The standard InChI is InChI=1S/C14H20N4/c1-10-4-3-5-11(2)18(10)17-14-7-6-12(9-15)8-13(14)16/h6-8,10-11,17H,3-5,16H2,1-2H3. The minimum Gasteiger partial charge on any atom is -0.397 e. The Morgan fingerprint density at radius 2 is 2.00 bits per heavy atom. The van der Waals surface area contributed by atoms with E-state index < -0.39 is 0 Å². The van der Waals surface area contributed by atoms with Crippen molar-refractivity contribution in [3.8, 4) is 6.07 Å². The molecule has 1 aliphatic rings. The molecule has 0 bridgehead atoms. The normalized spacial score (nSPS) is 24.5. The highest BCUT2D eigenvalue weighted by Gasteiger charge is 2.24. The summed E-state index contributed by atoms with van der Waals surface area (Å²) in [4.78, 5) is 0. The summed E-state index contributed by atoms with van der Waals surface area (Å²) in [6, 6.07) is 8.48. The number of nitrogens with zero attached hydrogens (tertiary/aromatic N) is 2. The van der Waals surface area contributed by atoms with Crippen molar-refractivity contribution in [2.24, 2.45) is 0 Å². The first-order valence-electron chi connectivity index (χ1n) is 6.46. The summed E-state index contributed by atoms with van der Waals surface area (Å²) in [5, 5.41) is 11.1. The van der Waals surface area contributed by atoms with Crippen molar-refractivity contribution in [2.75, 3.05) is 11.2 Å². The van der Waals surface area contributed by atoms with Crippen LogP contribution in [0.25, 0.3) is 0 Å². The van der Waals surface area contributed by atoms with Gasteiger partial charge in [-0.05, 0) is 44.9 Å². The molecule has 4 nitrogen and oxygen atoms in total. The zero-order valence-corrected chi connectivity index (χ0v) is 11.0. The van der Waals surface area contributed by atoms with Crippen LogP contribution in [0, 0.1) is 11.3 Å². The minimum atomic E-state index is 0.504. The number of benzene rings is 1. The number of nitriles is 1. The highest BCUT2D eigenvalue weighted by Crippen LogP contribution is 2.26. The number of nitrogens with two attached hydrogens (primary N) is 1. The molecule has 3 N–H and O–H groups in total. The molecule has 1 aromatic rings. The van der Waals surface area contributed by atoms with Gasteiger partial charge in [0, 0.05) is 12.1 Å². The van der Waals surface area contributed by atoms with Crippen molar-refractivity contribution in [3.63, 3.8) is 0 Å². The number of nitrogens with one attached hydrogen (secondary N) is 1. The average molecular weight is 244 g/mol. The van der Waals surface area contributed by atoms with Gasteiger partial charge in [0.2, 0.25) is 0 Å². The quantitative estimate of drug-likeness (QED) is 0.785. The number of nitrogen functional groups attached to an aromatic ring is 1. The first-order chi connectivity index (χ1) is 8.61. The molecule has 18 heavy (non-hydrogen) atoms. The van der Waals surface area contributed by atoms with Crippen LogP contribution in [-0.2, 0) is 0 Å². The maximum absolute atomic E-state index is 8.82. The second-order valence-electron chi connectivity index (χ2n) is 5.06. The molecule has 2 rings (SSSR count). The highest BCUT2D eigenvalue weighted by atomic mass is 15.5. The third kappa shape index (κ3) is 2.57. The van der Waals surface area contributed by atoms with Crippen LogP contribution < -0.4 is 11.2 Å². The number of hydrogen-bond acceptors (Lipinski definition) is 4. The summed E-state index contributed by atoms with van der Waals surface area (Å²) in [6.45, 7) is 4.45. The molecule has 96 valence electrons. The number of anilines is 2. The van der Waals surface area contributed by atoms with E-state index in [1.165, 1.54) is 19.3 Å². The molecule has 0 aromatic heterocycles. The maximum Gasteiger partial charge on any atom is 0.0992 e. The van der Waals surface area contributed by atoms with E-state index in [1.54, 1.807) is 12.1 Å². The van der Waals surface area contributed by atoms with E-state index in [0.717, 1.165) is 5.69 Å². The predicted octanol–water partition coefficient (Wildman–Crippen LogP) is 2.73. The van der Waals surface area contributed by atoms with Crippen molar-refractivity contribution in [2.45, 2.75) is 45.2 Å². The van der Waals surface area contributed by atoms with E-state index in [0.29, 0.717) is 23.3 Å². The van der Waals surface area contributed by atoms with Gasteiger partial charge in [-0.3, -0.25) is 0 Å². The summed E-state index contributed by atoms with van der Waals surface area (Å²) in [7, 11) is 0. The second-order valence-corrected chi connectivity index (χ2v) is 5.06. The fourth-order valence-electron chi connectivity index (χ4n) is 2.51. The zero-order valence-electron chi connectivity index (χ0n) is 11.0. The van der Waals surface area contributed by atoms with Crippen molar-refractivity contribution < 1.29 is 0 Å². The van der Waals surface area contributed by atoms with Gasteiger partial charge in [-0.15, -0.1) is 0 Å². The molecule has 0 radical (unpaired) electrons. The lowest BCUT2D eigenvalue weighted by Gasteiger charge is -2.39. The minimum absolute atomic E-state index is 0.504. The van der Waals surface area contributed by atoms with Crippen molar-refractivity contribution in [1.82, 2.24) is 5.01 Å². The third-order valence-corrected chi connectivity index (χ3v) is 3.62. The second kappa shape index (κ2) is 5.28. The third-order valence-electron chi connectivity index (χ3n) is 3.62. The zero-order chi connectivity index (χ0) is 13.1. The van der Waals surface area contributed by atoms with Crippen LogP contribution in [0.2, 0.25) is 0 Å². The fraction of sp³-hybridized carbons (Fsp3) is 0.500. The summed E-state index contributed by atoms with van der Waals surface area (Å²) in [5.41, 5.74) is 11.5. The topological polar surface area (TPSA) is 65.1 Å². The monoisotopic (exact) mass is 244 g/mol. The van der Waals surface area contributed by atoms with E-state index in [9.17, 15) is 0 Å². The smallest absolute Gasteiger partial charge is 0.0992 e. The molecule has 4 heteroatoms. The summed E-state index contributed by atoms with van der Waals surface area (Å²) >= 11 is 0. The van der Waals surface area contributed by atoms with Gasteiger partial charge >= 0.3 is 0 Å². The molecular formula is C14H20N4. The van der Waals surface area contributed by atoms with Crippen LogP contribution in [0.3, 0.4) is 0 Å². The van der Waals surface area contributed by atoms with E-state index in [4.69, 9.17) is 11.0 Å². The van der Waals surface area contributed by atoms with Gasteiger partial charge in [0.15, 0.2) is 0 Å². The van der Waals surface area contributed by atoms with E-state index >= 15 is 0 Å². The molecule has 0 saturated carbocycles. The lowest BCUT2D eigenvalue weighted by Crippen LogP contribution is -2.47. The van der Waals surface area contributed by atoms with Gasteiger partial charge in [-0.2, -0.15) is 5.26 Å². The average Bonchev–Trinajstić information content (AvgIpc) is 2.35. The molecule has 1 heterocycles. The van der Waals surface area contributed by atoms with Crippen molar-refractivity contribution in [1.29, 1.82) is 5.26 Å². The van der Waals surface area contributed by atoms with Crippen LogP contribution >= 0.6 is 0 Å². The summed E-state index contributed by atoms with van der Waals surface area (Å²) in [6.07, 6.45) is 3.68.